The number of aromatic nitrogens is 2. The first-order valence-corrected chi connectivity index (χ1v) is 7.42. The Hall–Kier alpha value is -1.34. The Balaban J connectivity index is 1.64. The summed E-state index contributed by atoms with van der Waals surface area (Å²) in [6.07, 6.45) is 10.1. The van der Waals surface area contributed by atoms with Crippen LogP contribution in [0.5, 0.6) is 0 Å². The van der Waals surface area contributed by atoms with Gasteiger partial charge in [-0.25, -0.2) is 4.98 Å². The number of imidazole rings is 1. The van der Waals surface area contributed by atoms with Crippen LogP contribution in [-0.4, -0.2) is 21.1 Å². The van der Waals surface area contributed by atoms with E-state index in [9.17, 15) is 5.26 Å². The van der Waals surface area contributed by atoms with Crippen molar-refractivity contribution in [2.24, 2.45) is 0 Å². The largest absolute Gasteiger partial charge is 0.334 e. The Bertz CT molecular complexity index is 495. The molecule has 0 aromatic carbocycles. The highest BCUT2D eigenvalue weighted by Gasteiger charge is 2.32. The van der Waals surface area contributed by atoms with Crippen LogP contribution in [0.15, 0.2) is 6.33 Å². The van der Waals surface area contributed by atoms with Crippen molar-refractivity contribution in [2.45, 2.75) is 70.0 Å². The van der Waals surface area contributed by atoms with E-state index in [1.54, 1.807) is 0 Å². The molecule has 0 radical (unpaired) electrons. The lowest BCUT2D eigenvalue weighted by Gasteiger charge is -2.24. The highest BCUT2D eigenvalue weighted by molar-refractivity contribution is 5.17. The molecule has 0 aliphatic heterocycles. The molecular weight excluding hydrogens is 236 g/mol. The summed E-state index contributed by atoms with van der Waals surface area (Å²) < 4.78 is 2.26. The molecule has 102 valence electrons. The number of fused-ring (bicyclic) bond motifs is 1. The summed E-state index contributed by atoms with van der Waals surface area (Å²) in [5.41, 5.74) is 2.28. The Morgan fingerprint density at radius 3 is 3.00 bits per heavy atom. The predicted molar refractivity (Wildman–Crippen MR) is 73.7 cm³/mol. The van der Waals surface area contributed by atoms with E-state index in [2.05, 4.69) is 20.9 Å². The molecule has 2 aliphatic carbocycles. The standard InChI is InChI=1S/C15H22N4/c1-15(10-16,18-12-6-7-12)8-9-19-11-17-13-4-2-3-5-14(13)19/h11-12,18H,2-9H2,1H3. The molecule has 1 heterocycles. The van der Waals surface area contributed by atoms with Crippen molar-refractivity contribution >= 4 is 0 Å². The fourth-order valence-corrected chi connectivity index (χ4v) is 2.91. The molecule has 19 heavy (non-hydrogen) atoms. The van der Waals surface area contributed by atoms with E-state index in [0.29, 0.717) is 6.04 Å². The quantitative estimate of drug-likeness (QED) is 0.880. The van der Waals surface area contributed by atoms with Gasteiger partial charge in [0.05, 0.1) is 18.1 Å². The zero-order chi connectivity index (χ0) is 13.3. The number of rotatable bonds is 5. The van der Waals surface area contributed by atoms with E-state index in [1.807, 2.05) is 13.3 Å². The minimum absolute atomic E-state index is 0.396. The third-order valence-corrected chi connectivity index (χ3v) is 4.31. The van der Waals surface area contributed by atoms with Crippen LogP contribution in [0.2, 0.25) is 0 Å². The van der Waals surface area contributed by atoms with Crippen LogP contribution in [0, 0.1) is 11.3 Å². The van der Waals surface area contributed by atoms with Gasteiger partial charge in [0.2, 0.25) is 0 Å². The summed E-state index contributed by atoms with van der Waals surface area (Å²) in [6.45, 7) is 2.92. The molecule has 0 bridgehead atoms. The summed E-state index contributed by atoms with van der Waals surface area (Å²) in [5, 5.41) is 12.9. The number of hydrogen-bond acceptors (Lipinski definition) is 3. The van der Waals surface area contributed by atoms with Crippen molar-refractivity contribution in [3.05, 3.63) is 17.7 Å². The van der Waals surface area contributed by atoms with Crippen LogP contribution < -0.4 is 5.32 Å². The molecule has 1 atom stereocenters. The number of hydrogen-bond donors (Lipinski definition) is 1. The maximum atomic E-state index is 9.39. The van der Waals surface area contributed by atoms with Crippen LogP contribution in [-0.2, 0) is 19.4 Å². The molecule has 4 nitrogen and oxygen atoms in total. The van der Waals surface area contributed by atoms with Crippen molar-refractivity contribution in [1.29, 1.82) is 5.26 Å². The highest BCUT2D eigenvalue weighted by Crippen LogP contribution is 2.25. The average Bonchev–Trinajstić information content (AvgIpc) is 3.14. The Labute approximate surface area is 114 Å². The average molecular weight is 258 g/mol. The van der Waals surface area contributed by atoms with Gasteiger partial charge < -0.3 is 4.57 Å². The third kappa shape index (κ3) is 2.82. The minimum Gasteiger partial charge on any atom is -0.334 e. The van der Waals surface area contributed by atoms with Gasteiger partial charge in [0, 0.05) is 18.3 Å². The minimum atomic E-state index is -0.396. The van der Waals surface area contributed by atoms with Gasteiger partial charge in [0.1, 0.15) is 5.54 Å². The Morgan fingerprint density at radius 1 is 1.47 bits per heavy atom. The second kappa shape index (κ2) is 4.97. The van der Waals surface area contributed by atoms with Crippen molar-refractivity contribution in [2.75, 3.05) is 0 Å². The van der Waals surface area contributed by atoms with Gasteiger partial charge in [-0.1, -0.05) is 0 Å². The maximum absolute atomic E-state index is 9.39. The Kier molecular flexibility index (Phi) is 3.32. The summed E-state index contributed by atoms with van der Waals surface area (Å²) in [6, 6.07) is 3.02. The van der Waals surface area contributed by atoms with Gasteiger partial charge >= 0.3 is 0 Å². The van der Waals surface area contributed by atoms with Gasteiger partial charge in [-0.15, -0.1) is 0 Å². The molecule has 0 amide bonds. The number of nitriles is 1. The van der Waals surface area contributed by atoms with Gasteiger partial charge in [0.25, 0.3) is 0 Å². The Morgan fingerprint density at radius 2 is 2.26 bits per heavy atom. The van der Waals surface area contributed by atoms with Gasteiger partial charge in [-0.05, 0) is 51.9 Å². The first-order chi connectivity index (χ1) is 9.20. The van der Waals surface area contributed by atoms with Crippen LogP contribution in [0.25, 0.3) is 0 Å². The SMILES string of the molecule is CC(C#N)(CCn1cnc2c1CCCC2)NC1CC1. The van der Waals surface area contributed by atoms with Crippen LogP contribution >= 0.6 is 0 Å². The molecular formula is C15H22N4. The van der Waals surface area contributed by atoms with Gasteiger partial charge in [-0.3, -0.25) is 5.32 Å². The lowest BCUT2D eigenvalue weighted by atomic mass is 9.98. The summed E-state index contributed by atoms with van der Waals surface area (Å²) in [5.74, 6) is 0. The zero-order valence-corrected chi connectivity index (χ0v) is 11.7. The van der Waals surface area contributed by atoms with E-state index >= 15 is 0 Å². The molecule has 4 heteroatoms. The molecule has 1 N–H and O–H groups in total. The second-order valence-corrected chi connectivity index (χ2v) is 6.15. The van der Waals surface area contributed by atoms with Gasteiger partial charge in [0.15, 0.2) is 0 Å². The smallest absolute Gasteiger partial charge is 0.105 e. The lowest BCUT2D eigenvalue weighted by molar-refractivity contribution is 0.385. The molecule has 1 saturated carbocycles. The molecule has 0 saturated heterocycles. The molecule has 1 fully saturated rings. The van der Waals surface area contributed by atoms with E-state index in [4.69, 9.17) is 0 Å². The molecule has 3 rings (SSSR count). The van der Waals surface area contributed by atoms with Crippen molar-refractivity contribution in [3.8, 4) is 6.07 Å². The van der Waals surface area contributed by atoms with Crippen LogP contribution in [0.3, 0.4) is 0 Å². The number of nitrogens with zero attached hydrogens (tertiary/aromatic N) is 3. The summed E-state index contributed by atoms with van der Waals surface area (Å²) in [4.78, 5) is 4.52. The second-order valence-electron chi connectivity index (χ2n) is 6.15. The van der Waals surface area contributed by atoms with Crippen molar-refractivity contribution < 1.29 is 0 Å². The fourth-order valence-electron chi connectivity index (χ4n) is 2.91. The van der Waals surface area contributed by atoms with E-state index < -0.39 is 5.54 Å². The molecule has 1 aromatic rings. The van der Waals surface area contributed by atoms with Crippen LogP contribution in [0.1, 0.15) is 50.4 Å². The third-order valence-electron chi connectivity index (χ3n) is 4.31. The normalized spacial score (nSPS) is 21.5. The fraction of sp³-hybridized carbons (Fsp3) is 0.733. The van der Waals surface area contributed by atoms with E-state index in [0.717, 1.165) is 25.8 Å². The first-order valence-electron chi connectivity index (χ1n) is 7.42. The molecule has 1 unspecified atom stereocenters. The molecule has 0 spiro atoms. The van der Waals surface area contributed by atoms with E-state index in [-0.39, 0.29) is 0 Å². The zero-order valence-electron chi connectivity index (χ0n) is 11.7. The lowest BCUT2D eigenvalue weighted by Crippen LogP contribution is -2.43. The maximum Gasteiger partial charge on any atom is 0.105 e. The van der Waals surface area contributed by atoms with Crippen molar-refractivity contribution in [1.82, 2.24) is 14.9 Å². The van der Waals surface area contributed by atoms with E-state index in [1.165, 1.54) is 37.1 Å². The summed E-state index contributed by atoms with van der Waals surface area (Å²) in [7, 11) is 0. The first kappa shape index (κ1) is 12.7. The monoisotopic (exact) mass is 258 g/mol. The van der Waals surface area contributed by atoms with Crippen molar-refractivity contribution in [3.63, 3.8) is 0 Å². The number of nitrogens with one attached hydrogen (secondary N) is 1. The van der Waals surface area contributed by atoms with Gasteiger partial charge in [-0.2, -0.15) is 5.26 Å². The topological polar surface area (TPSA) is 53.6 Å². The molecule has 1 aromatic heterocycles. The predicted octanol–water partition coefficient (Wildman–Crippen LogP) is 2.19. The summed E-state index contributed by atoms with van der Waals surface area (Å²) >= 11 is 0. The number of aryl methyl sites for hydroxylation is 2. The molecule has 2 aliphatic rings. The van der Waals surface area contributed by atoms with Crippen LogP contribution in [0.4, 0.5) is 0 Å². The highest BCUT2D eigenvalue weighted by atomic mass is 15.1.